The van der Waals surface area contributed by atoms with Gasteiger partial charge in [-0.15, -0.1) is 0 Å². The summed E-state index contributed by atoms with van der Waals surface area (Å²) in [5.41, 5.74) is 5.04. The second kappa shape index (κ2) is 12.5. The van der Waals surface area contributed by atoms with Crippen LogP contribution in [0, 0.1) is 18.3 Å². The van der Waals surface area contributed by atoms with Crippen molar-refractivity contribution in [2.45, 2.75) is 13.5 Å². The summed E-state index contributed by atoms with van der Waals surface area (Å²) in [6, 6.07) is 34.7. The van der Waals surface area contributed by atoms with Crippen LogP contribution < -0.4 is 14.2 Å². The Morgan fingerprint density at radius 1 is 0.814 bits per heavy atom. The Kier molecular flexibility index (Phi) is 7.96. The van der Waals surface area contributed by atoms with Gasteiger partial charge in [-0.25, -0.2) is 0 Å². The highest BCUT2D eigenvalue weighted by molar-refractivity contribution is 5.99. The molecule has 5 aromatic rings. The zero-order valence-corrected chi connectivity index (χ0v) is 23.9. The van der Waals surface area contributed by atoms with Crippen molar-refractivity contribution in [3.8, 4) is 46.5 Å². The molecule has 0 N–H and O–H groups in total. The minimum Gasteiger partial charge on any atom is -0.485 e. The number of aromatic nitrogens is 2. The van der Waals surface area contributed by atoms with Gasteiger partial charge >= 0.3 is 6.01 Å². The minimum atomic E-state index is 0.120. The van der Waals surface area contributed by atoms with Gasteiger partial charge in [0.05, 0.1) is 23.9 Å². The van der Waals surface area contributed by atoms with E-state index in [1.807, 2.05) is 92.8 Å². The lowest BCUT2D eigenvalue weighted by molar-refractivity contribution is 0.289. The van der Waals surface area contributed by atoms with Gasteiger partial charge < -0.3 is 19.1 Å². The summed E-state index contributed by atoms with van der Waals surface area (Å²) >= 11 is 0. The molecule has 0 saturated carbocycles. The van der Waals surface area contributed by atoms with Crippen molar-refractivity contribution < 1.29 is 14.2 Å². The smallest absolute Gasteiger partial charge is 0.325 e. The van der Waals surface area contributed by atoms with E-state index in [1.165, 1.54) is 0 Å². The van der Waals surface area contributed by atoms with E-state index in [1.54, 1.807) is 24.3 Å². The van der Waals surface area contributed by atoms with Gasteiger partial charge in [0.2, 0.25) is 5.88 Å². The number of benzene rings is 4. The van der Waals surface area contributed by atoms with E-state index < -0.39 is 0 Å². The molecule has 0 bridgehead atoms. The maximum atomic E-state index is 9.56. The summed E-state index contributed by atoms with van der Waals surface area (Å²) in [6.07, 6.45) is 0. The molecule has 0 fully saturated rings. The molecular formula is C35H29N5O3. The number of nitriles is 1. The monoisotopic (exact) mass is 567 g/mol. The molecule has 0 spiro atoms. The largest absolute Gasteiger partial charge is 0.485 e. The molecule has 1 aromatic heterocycles. The number of hydrogen-bond acceptors (Lipinski definition) is 8. The van der Waals surface area contributed by atoms with Crippen molar-refractivity contribution >= 4 is 5.84 Å². The van der Waals surface area contributed by atoms with E-state index in [4.69, 9.17) is 19.2 Å². The van der Waals surface area contributed by atoms with Gasteiger partial charge in [0.1, 0.15) is 18.2 Å². The van der Waals surface area contributed by atoms with Crippen molar-refractivity contribution in [3.63, 3.8) is 0 Å². The highest BCUT2D eigenvalue weighted by Gasteiger charge is 2.17. The second-order valence-corrected chi connectivity index (χ2v) is 10.1. The predicted molar refractivity (Wildman–Crippen MR) is 165 cm³/mol. The number of aliphatic imine (C=N–C) groups is 1. The summed E-state index contributed by atoms with van der Waals surface area (Å²) in [5, 5.41) is 9.56. The number of rotatable bonds is 9. The first-order chi connectivity index (χ1) is 21.0. The summed E-state index contributed by atoms with van der Waals surface area (Å²) in [7, 11) is 2.02. The van der Waals surface area contributed by atoms with Crippen LogP contribution in [0.1, 0.15) is 22.3 Å². The summed E-state index contributed by atoms with van der Waals surface area (Å²) in [6.45, 7) is 4.02. The van der Waals surface area contributed by atoms with Crippen molar-refractivity contribution in [1.29, 1.82) is 5.26 Å². The van der Waals surface area contributed by atoms with Gasteiger partial charge in [0.25, 0.3) is 0 Å². The maximum Gasteiger partial charge on any atom is 0.325 e. The Bertz CT molecular complexity index is 1810. The van der Waals surface area contributed by atoms with Gasteiger partial charge in [0, 0.05) is 36.9 Å². The van der Waals surface area contributed by atoms with Gasteiger partial charge in [0.15, 0.2) is 11.5 Å². The number of hydrogen-bond donors (Lipinski definition) is 0. The molecule has 212 valence electrons. The number of nitrogens with zero attached hydrogens (tertiary/aromatic N) is 5. The molecule has 1 aliphatic heterocycles. The third-order valence-corrected chi connectivity index (χ3v) is 6.91. The lowest BCUT2D eigenvalue weighted by Gasteiger charge is -2.15. The molecule has 6 rings (SSSR count). The fourth-order valence-electron chi connectivity index (χ4n) is 4.65. The Hall–Kier alpha value is -5.68. The van der Waals surface area contributed by atoms with E-state index in [0.29, 0.717) is 35.1 Å². The molecule has 1 aliphatic rings. The lowest BCUT2D eigenvalue weighted by Crippen LogP contribution is -2.23. The number of aryl methyl sites for hydroxylation is 1. The van der Waals surface area contributed by atoms with Gasteiger partial charge in [-0.1, -0.05) is 72.3 Å². The van der Waals surface area contributed by atoms with Crippen LogP contribution >= 0.6 is 0 Å². The zero-order chi connectivity index (χ0) is 29.6. The molecule has 0 amide bonds. The molecule has 8 heteroatoms. The third kappa shape index (κ3) is 6.63. The van der Waals surface area contributed by atoms with E-state index >= 15 is 0 Å². The zero-order valence-electron chi connectivity index (χ0n) is 23.9. The number of ether oxygens (including phenoxy) is 3. The predicted octanol–water partition coefficient (Wildman–Crippen LogP) is 7.18. The van der Waals surface area contributed by atoms with E-state index in [-0.39, 0.29) is 11.9 Å². The molecule has 2 heterocycles. The van der Waals surface area contributed by atoms with E-state index in [2.05, 4.69) is 20.9 Å². The van der Waals surface area contributed by atoms with Crippen molar-refractivity contribution in [2.24, 2.45) is 4.99 Å². The highest BCUT2D eigenvalue weighted by atomic mass is 16.5. The third-order valence-electron chi connectivity index (χ3n) is 6.91. The van der Waals surface area contributed by atoms with E-state index in [9.17, 15) is 5.26 Å². The van der Waals surface area contributed by atoms with Crippen LogP contribution in [0.2, 0.25) is 0 Å². The molecule has 0 saturated heterocycles. The summed E-state index contributed by atoms with van der Waals surface area (Å²) < 4.78 is 18.6. The maximum absolute atomic E-state index is 9.56. The van der Waals surface area contributed by atoms with Crippen LogP contribution in [0.15, 0.2) is 108 Å². The average molecular weight is 568 g/mol. The van der Waals surface area contributed by atoms with Gasteiger partial charge in [-0.05, 0) is 36.8 Å². The van der Waals surface area contributed by atoms with Crippen molar-refractivity contribution in [1.82, 2.24) is 14.9 Å². The summed E-state index contributed by atoms with van der Waals surface area (Å²) in [5.74, 6) is 2.58. The first-order valence-electron chi connectivity index (χ1n) is 13.9. The quantitative estimate of drug-likeness (QED) is 0.186. The topological polar surface area (TPSA) is 92.9 Å². The molecule has 0 atom stereocenters. The molecule has 8 nitrogen and oxygen atoms in total. The van der Waals surface area contributed by atoms with Crippen molar-refractivity contribution in [3.05, 3.63) is 125 Å². The standard InChI is InChI=1S/C35H29N5O3/c1-24-11-14-27(15-12-24)30-21-33(39-35(38-30)42-29-10-6-9-28(20-29)34-37-17-18-40(34)2)43-32-19-26(22-36)13-16-31(32)41-23-25-7-4-3-5-8-25/h3-16,19-21H,17-18,23H2,1-2H3. The molecular weight excluding hydrogens is 538 g/mol. The molecule has 0 radical (unpaired) electrons. The Morgan fingerprint density at radius 3 is 2.42 bits per heavy atom. The normalized spacial score (nSPS) is 12.4. The SMILES string of the molecule is Cc1ccc(-c2cc(Oc3cc(C#N)ccc3OCc3ccccc3)nc(Oc3cccc(C4=NCCN4C)c3)n2)cc1. The van der Waals surface area contributed by atoms with Gasteiger partial charge in [-0.2, -0.15) is 15.2 Å². The first kappa shape index (κ1) is 27.5. The van der Waals surface area contributed by atoms with Crippen LogP contribution in [0.25, 0.3) is 11.3 Å². The lowest BCUT2D eigenvalue weighted by atomic mass is 10.1. The fraction of sp³-hybridized carbons (Fsp3) is 0.143. The number of amidine groups is 1. The van der Waals surface area contributed by atoms with Crippen molar-refractivity contribution in [2.75, 3.05) is 20.1 Å². The Morgan fingerprint density at radius 2 is 1.65 bits per heavy atom. The number of likely N-dealkylation sites (N-methyl/N-ethyl adjacent to an activating group) is 1. The van der Waals surface area contributed by atoms with Crippen LogP contribution in [-0.4, -0.2) is 40.8 Å². The van der Waals surface area contributed by atoms with E-state index in [0.717, 1.165) is 41.2 Å². The Labute approximate surface area is 250 Å². The van der Waals surface area contributed by atoms with Gasteiger partial charge in [-0.3, -0.25) is 4.99 Å². The highest BCUT2D eigenvalue weighted by Crippen LogP contribution is 2.35. The molecule has 43 heavy (non-hydrogen) atoms. The Balaban J connectivity index is 1.34. The van der Waals surface area contributed by atoms with Crippen LogP contribution in [0.5, 0.6) is 29.1 Å². The first-order valence-corrected chi connectivity index (χ1v) is 13.9. The van der Waals surface area contributed by atoms with Crippen LogP contribution in [0.4, 0.5) is 0 Å². The second-order valence-electron chi connectivity index (χ2n) is 10.1. The fourth-order valence-corrected chi connectivity index (χ4v) is 4.65. The average Bonchev–Trinajstić information content (AvgIpc) is 3.47. The summed E-state index contributed by atoms with van der Waals surface area (Å²) in [4.78, 5) is 16.0. The molecule has 0 unspecified atom stereocenters. The van der Waals surface area contributed by atoms with Crippen LogP contribution in [0.3, 0.4) is 0 Å². The minimum absolute atomic E-state index is 0.120. The molecule has 4 aromatic carbocycles. The van der Waals surface area contributed by atoms with Crippen LogP contribution in [-0.2, 0) is 6.61 Å². The molecule has 0 aliphatic carbocycles.